The van der Waals surface area contributed by atoms with E-state index in [1.54, 1.807) is 29.3 Å². The summed E-state index contributed by atoms with van der Waals surface area (Å²) in [6.45, 7) is 6.34. The first kappa shape index (κ1) is 23.6. The maximum atomic E-state index is 13.2. The number of nitrogens with one attached hydrogen (secondary N) is 1. The molecular formula is C26H31N5O3. The van der Waals surface area contributed by atoms with Gasteiger partial charge >= 0.3 is 0 Å². The van der Waals surface area contributed by atoms with Crippen LogP contribution in [0.1, 0.15) is 54.9 Å². The second-order valence-corrected chi connectivity index (χ2v) is 8.77. The van der Waals surface area contributed by atoms with E-state index < -0.39 is 0 Å². The number of hydrogen-bond acceptors (Lipinski definition) is 5. The number of nitrogens with zero attached hydrogens (tertiary/aromatic N) is 4. The molecule has 1 fully saturated rings. The average Bonchev–Trinajstić information content (AvgIpc) is 2.88. The Morgan fingerprint density at radius 2 is 1.74 bits per heavy atom. The smallest absolute Gasteiger partial charge is 0.272 e. The summed E-state index contributed by atoms with van der Waals surface area (Å²) in [5, 5.41) is 8.12. The number of amides is 2. The summed E-state index contributed by atoms with van der Waals surface area (Å²) in [5.41, 5.74) is 1.75. The molecule has 0 bridgehead atoms. The molecule has 1 aliphatic rings. The number of fused-ring (bicyclic) bond motifs is 1. The molecule has 4 rings (SSSR count). The number of pyridine rings is 1. The Labute approximate surface area is 199 Å². The zero-order valence-electron chi connectivity index (χ0n) is 19.8. The minimum atomic E-state index is -0.228. The molecule has 0 radical (unpaired) electrons. The Hall–Kier alpha value is -3.55. The van der Waals surface area contributed by atoms with E-state index in [1.807, 2.05) is 23.1 Å². The van der Waals surface area contributed by atoms with Crippen LogP contribution < -0.4 is 5.56 Å². The van der Waals surface area contributed by atoms with Gasteiger partial charge in [-0.3, -0.25) is 19.4 Å². The maximum Gasteiger partial charge on any atom is 0.272 e. The molecule has 2 amide bonds. The van der Waals surface area contributed by atoms with E-state index in [0.29, 0.717) is 54.9 Å². The topological polar surface area (TPSA) is 99.3 Å². The molecule has 0 aliphatic carbocycles. The highest BCUT2D eigenvalue weighted by atomic mass is 16.2. The van der Waals surface area contributed by atoms with E-state index in [4.69, 9.17) is 0 Å². The minimum Gasteiger partial charge on any atom is -0.339 e. The first-order chi connectivity index (χ1) is 16.5. The van der Waals surface area contributed by atoms with E-state index >= 15 is 0 Å². The fourth-order valence-corrected chi connectivity index (χ4v) is 4.61. The van der Waals surface area contributed by atoms with Gasteiger partial charge in [-0.1, -0.05) is 38.5 Å². The van der Waals surface area contributed by atoms with Crippen LogP contribution in [0.25, 0.3) is 10.8 Å². The predicted octanol–water partition coefficient (Wildman–Crippen LogP) is 3.02. The zero-order valence-corrected chi connectivity index (χ0v) is 19.8. The molecular weight excluding hydrogens is 430 g/mol. The molecule has 0 spiro atoms. The predicted molar refractivity (Wildman–Crippen MR) is 131 cm³/mol. The van der Waals surface area contributed by atoms with Crippen molar-refractivity contribution in [3.63, 3.8) is 0 Å². The lowest BCUT2D eigenvalue weighted by molar-refractivity contribution is -0.137. The summed E-state index contributed by atoms with van der Waals surface area (Å²) in [6, 6.07) is 10.8. The van der Waals surface area contributed by atoms with Gasteiger partial charge in [0, 0.05) is 61.4 Å². The molecule has 34 heavy (non-hydrogen) atoms. The van der Waals surface area contributed by atoms with Crippen LogP contribution in [0.15, 0.2) is 47.4 Å². The third-order valence-electron chi connectivity index (χ3n) is 6.54. The van der Waals surface area contributed by atoms with Gasteiger partial charge in [0.05, 0.1) is 11.1 Å². The van der Waals surface area contributed by atoms with Gasteiger partial charge in [0.15, 0.2) is 0 Å². The second-order valence-electron chi connectivity index (χ2n) is 8.77. The number of piperazine rings is 1. The molecule has 1 aliphatic heterocycles. The Kier molecular flexibility index (Phi) is 7.35. The highest BCUT2D eigenvalue weighted by Crippen LogP contribution is 2.19. The Morgan fingerprint density at radius 3 is 2.44 bits per heavy atom. The molecule has 1 saturated heterocycles. The average molecular weight is 462 g/mol. The van der Waals surface area contributed by atoms with Crippen molar-refractivity contribution in [2.24, 2.45) is 5.92 Å². The highest BCUT2D eigenvalue weighted by Gasteiger charge is 2.28. The van der Waals surface area contributed by atoms with Crippen LogP contribution in [0.3, 0.4) is 0 Å². The lowest BCUT2D eigenvalue weighted by Gasteiger charge is -2.36. The Bertz CT molecular complexity index is 1230. The number of aromatic nitrogens is 3. The quantitative estimate of drug-likeness (QED) is 0.583. The van der Waals surface area contributed by atoms with Gasteiger partial charge in [-0.2, -0.15) is 5.10 Å². The van der Waals surface area contributed by atoms with Gasteiger partial charge in [-0.15, -0.1) is 0 Å². The van der Waals surface area contributed by atoms with E-state index in [-0.39, 0.29) is 23.3 Å². The van der Waals surface area contributed by atoms with Crippen molar-refractivity contribution in [2.75, 3.05) is 26.2 Å². The van der Waals surface area contributed by atoms with Crippen molar-refractivity contribution in [3.05, 3.63) is 69.9 Å². The molecule has 178 valence electrons. The largest absolute Gasteiger partial charge is 0.339 e. The fraction of sp³-hybridized carbons (Fsp3) is 0.423. The summed E-state index contributed by atoms with van der Waals surface area (Å²) in [6.07, 6.45) is 4.79. The molecule has 3 heterocycles. The highest BCUT2D eigenvalue weighted by molar-refractivity contribution is 5.94. The summed E-state index contributed by atoms with van der Waals surface area (Å²) in [5.74, 6) is 0.228. The number of carbonyl (C=O) groups is 2. The lowest BCUT2D eigenvalue weighted by Crippen LogP contribution is -2.52. The van der Waals surface area contributed by atoms with E-state index in [0.717, 1.165) is 24.6 Å². The Balaban J connectivity index is 1.44. The number of carbonyl (C=O) groups excluding carboxylic acids is 2. The Morgan fingerprint density at radius 1 is 1.03 bits per heavy atom. The normalized spacial score (nSPS) is 14.9. The molecule has 2 aromatic heterocycles. The number of H-pyrrole nitrogens is 1. The third kappa shape index (κ3) is 5.00. The summed E-state index contributed by atoms with van der Waals surface area (Å²) in [4.78, 5) is 46.1. The van der Waals surface area contributed by atoms with Crippen LogP contribution in [0.2, 0.25) is 0 Å². The SMILES string of the molecule is CCCC(CC)C(=O)N1CCN(C(=O)c2ccnc(Cc3n[nH]c(=O)c4ccccc34)c2)CC1. The molecule has 1 unspecified atom stereocenters. The van der Waals surface area contributed by atoms with Gasteiger partial charge in [-0.05, 0) is 31.0 Å². The first-order valence-electron chi connectivity index (χ1n) is 12.0. The van der Waals surface area contributed by atoms with Crippen LogP contribution in [0.4, 0.5) is 0 Å². The number of aromatic amines is 1. The molecule has 3 aromatic rings. The van der Waals surface area contributed by atoms with E-state index in [2.05, 4.69) is 29.0 Å². The van der Waals surface area contributed by atoms with Crippen molar-refractivity contribution in [3.8, 4) is 0 Å². The van der Waals surface area contributed by atoms with Gasteiger partial charge in [0.2, 0.25) is 5.91 Å². The third-order valence-corrected chi connectivity index (χ3v) is 6.54. The monoisotopic (exact) mass is 461 g/mol. The van der Waals surface area contributed by atoms with Crippen LogP contribution >= 0.6 is 0 Å². The zero-order chi connectivity index (χ0) is 24.1. The van der Waals surface area contributed by atoms with Gasteiger partial charge in [-0.25, -0.2) is 5.10 Å². The number of hydrogen-bond donors (Lipinski definition) is 1. The number of rotatable bonds is 7. The first-order valence-corrected chi connectivity index (χ1v) is 12.0. The van der Waals surface area contributed by atoms with Crippen molar-refractivity contribution in [1.29, 1.82) is 0 Å². The molecule has 1 aromatic carbocycles. The molecule has 1 atom stereocenters. The van der Waals surface area contributed by atoms with Crippen LogP contribution in [0.5, 0.6) is 0 Å². The van der Waals surface area contributed by atoms with Crippen molar-refractivity contribution >= 4 is 22.6 Å². The van der Waals surface area contributed by atoms with Gasteiger partial charge < -0.3 is 9.80 Å². The second kappa shape index (κ2) is 10.6. The summed E-state index contributed by atoms with van der Waals surface area (Å²) >= 11 is 0. The van der Waals surface area contributed by atoms with E-state index in [1.165, 1.54) is 0 Å². The van der Waals surface area contributed by atoms with Crippen LogP contribution in [0, 0.1) is 5.92 Å². The van der Waals surface area contributed by atoms with Crippen LogP contribution in [-0.2, 0) is 11.2 Å². The van der Waals surface area contributed by atoms with Gasteiger partial charge in [0.25, 0.3) is 11.5 Å². The fourth-order valence-electron chi connectivity index (χ4n) is 4.61. The standard InChI is InChI=1S/C26H31N5O3/c1-3-7-18(4-2)25(33)30-12-14-31(15-13-30)26(34)19-10-11-27-20(16-19)17-23-21-8-5-6-9-22(21)24(32)29-28-23/h5-6,8-11,16,18H,3-4,7,12-15,17H2,1-2H3,(H,29,32). The van der Waals surface area contributed by atoms with E-state index in [9.17, 15) is 14.4 Å². The summed E-state index contributed by atoms with van der Waals surface area (Å²) < 4.78 is 0. The molecule has 8 nitrogen and oxygen atoms in total. The number of benzene rings is 1. The summed E-state index contributed by atoms with van der Waals surface area (Å²) in [7, 11) is 0. The molecule has 1 N–H and O–H groups in total. The maximum absolute atomic E-state index is 13.2. The van der Waals surface area contributed by atoms with Gasteiger partial charge in [0.1, 0.15) is 0 Å². The van der Waals surface area contributed by atoms with Crippen molar-refractivity contribution < 1.29 is 9.59 Å². The molecule has 8 heteroatoms. The molecule has 0 saturated carbocycles. The van der Waals surface area contributed by atoms with Crippen molar-refractivity contribution in [1.82, 2.24) is 25.0 Å². The van der Waals surface area contributed by atoms with Crippen molar-refractivity contribution in [2.45, 2.75) is 39.5 Å². The van der Waals surface area contributed by atoms with Crippen LogP contribution in [-0.4, -0.2) is 63.0 Å². The lowest BCUT2D eigenvalue weighted by atomic mass is 9.98. The minimum absolute atomic E-state index is 0.0596.